The van der Waals surface area contributed by atoms with Gasteiger partial charge in [-0.05, 0) is 36.4 Å². The van der Waals surface area contributed by atoms with E-state index < -0.39 is 29.7 Å². The van der Waals surface area contributed by atoms with Crippen molar-refractivity contribution in [3.05, 3.63) is 59.9 Å². The van der Waals surface area contributed by atoms with Crippen LogP contribution in [0, 0.1) is 5.41 Å². The molecule has 0 saturated carbocycles. The Balaban J connectivity index is 1.64. The quantitative estimate of drug-likeness (QED) is 0.253. The second kappa shape index (κ2) is 9.69. The number of pyridine rings is 1. The van der Waals surface area contributed by atoms with Crippen LogP contribution >= 0.6 is 0 Å². The molecule has 1 saturated heterocycles. The van der Waals surface area contributed by atoms with Gasteiger partial charge in [0.2, 0.25) is 5.91 Å². The van der Waals surface area contributed by atoms with Crippen LogP contribution in [0.2, 0.25) is 0 Å². The molecule has 2 aromatic rings. The molecule has 1 aromatic heterocycles. The molecule has 11 heteroatoms. The standard InChI is InChI=1S/C21H22N6O5/c22-19(23)13-4-6-14(7-5-13)27-10-9-26(20(31)21(27)32)12-17(28)25-16(11-18(29)30)15-3-1-2-8-24-15/h1-8,16H,9-12H2,(H3,22,23)(H,25,28)(H,29,30). The zero-order chi connectivity index (χ0) is 23.3. The Bertz CT molecular complexity index is 1040. The van der Waals surface area contributed by atoms with E-state index in [0.29, 0.717) is 16.9 Å². The fourth-order valence-corrected chi connectivity index (χ4v) is 3.29. The Kier molecular flexibility index (Phi) is 6.78. The lowest BCUT2D eigenvalue weighted by molar-refractivity contribution is -0.147. The largest absolute Gasteiger partial charge is 0.481 e. The average Bonchev–Trinajstić information content (AvgIpc) is 2.77. The molecule has 0 spiro atoms. The third kappa shape index (κ3) is 5.25. The first-order valence-electron chi connectivity index (χ1n) is 9.73. The molecule has 2 heterocycles. The summed E-state index contributed by atoms with van der Waals surface area (Å²) in [6, 6.07) is 10.4. The van der Waals surface area contributed by atoms with E-state index in [1.54, 1.807) is 42.5 Å². The number of benzene rings is 1. The highest BCUT2D eigenvalue weighted by Crippen LogP contribution is 2.19. The lowest BCUT2D eigenvalue weighted by Crippen LogP contribution is -2.56. The molecule has 5 N–H and O–H groups in total. The van der Waals surface area contributed by atoms with E-state index in [9.17, 15) is 19.2 Å². The number of aromatic nitrogens is 1. The number of nitrogens with zero attached hydrogens (tertiary/aromatic N) is 3. The van der Waals surface area contributed by atoms with E-state index in [0.717, 1.165) is 4.90 Å². The summed E-state index contributed by atoms with van der Waals surface area (Å²) >= 11 is 0. The van der Waals surface area contributed by atoms with Crippen molar-refractivity contribution in [3.63, 3.8) is 0 Å². The van der Waals surface area contributed by atoms with Gasteiger partial charge in [0.15, 0.2) is 0 Å². The number of anilines is 1. The van der Waals surface area contributed by atoms with Crippen LogP contribution in [0.3, 0.4) is 0 Å². The van der Waals surface area contributed by atoms with Crippen molar-refractivity contribution in [1.29, 1.82) is 5.41 Å². The molecule has 0 bridgehead atoms. The van der Waals surface area contributed by atoms with Crippen molar-refractivity contribution in [3.8, 4) is 0 Å². The summed E-state index contributed by atoms with van der Waals surface area (Å²) in [6.45, 7) is -0.0830. The first-order valence-corrected chi connectivity index (χ1v) is 9.73. The van der Waals surface area contributed by atoms with Crippen molar-refractivity contribution in [2.24, 2.45) is 5.73 Å². The van der Waals surface area contributed by atoms with Crippen LogP contribution in [0.5, 0.6) is 0 Å². The molecule has 3 rings (SSSR count). The van der Waals surface area contributed by atoms with Gasteiger partial charge in [-0.25, -0.2) is 0 Å². The van der Waals surface area contributed by atoms with Crippen LogP contribution in [-0.2, 0) is 19.2 Å². The van der Waals surface area contributed by atoms with Gasteiger partial charge in [-0.2, -0.15) is 0 Å². The molecule has 32 heavy (non-hydrogen) atoms. The van der Waals surface area contributed by atoms with Crippen LogP contribution in [0.4, 0.5) is 5.69 Å². The predicted octanol–water partition coefficient (Wildman–Crippen LogP) is -0.127. The zero-order valence-corrected chi connectivity index (χ0v) is 17.0. The third-order valence-corrected chi connectivity index (χ3v) is 4.89. The number of nitrogen functional groups attached to an aromatic ring is 1. The maximum Gasteiger partial charge on any atom is 0.316 e. The van der Waals surface area contributed by atoms with Gasteiger partial charge in [0.25, 0.3) is 0 Å². The maximum absolute atomic E-state index is 12.6. The fourth-order valence-electron chi connectivity index (χ4n) is 3.29. The molecule has 0 radical (unpaired) electrons. The molecule has 1 aliphatic rings. The highest BCUT2D eigenvalue weighted by atomic mass is 16.4. The van der Waals surface area contributed by atoms with Gasteiger partial charge in [0.05, 0.1) is 18.2 Å². The molecule has 3 amide bonds. The predicted molar refractivity (Wildman–Crippen MR) is 114 cm³/mol. The third-order valence-electron chi connectivity index (χ3n) is 4.89. The minimum atomic E-state index is -1.11. The Morgan fingerprint density at radius 3 is 2.44 bits per heavy atom. The summed E-state index contributed by atoms with van der Waals surface area (Å²) in [7, 11) is 0. The summed E-state index contributed by atoms with van der Waals surface area (Å²) in [5.41, 5.74) is 6.77. The Morgan fingerprint density at radius 1 is 1.12 bits per heavy atom. The molecule has 11 nitrogen and oxygen atoms in total. The number of amides is 3. The van der Waals surface area contributed by atoms with Crippen LogP contribution in [-0.4, -0.2) is 64.2 Å². The second-order valence-electron chi connectivity index (χ2n) is 7.12. The number of carboxylic acids is 1. The van der Waals surface area contributed by atoms with Gasteiger partial charge in [0, 0.05) is 30.5 Å². The van der Waals surface area contributed by atoms with Crippen LogP contribution < -0.4 is 16.0 Å². The molecule has 1 fully saturated rings. The van der Waals surface area contributed by atoms with E-state index in [-0.39, 0.29) is 31.9 Å². The number of nitrogens with two attached hydrogens (primary N) is 1. The number of rotatable bonds is 8. The van der Waals surface area contributed by atoms with Gasteiger partial charge in [-0.3, -0.25) is 29.6 Å². The van der Waals surface area contributed by atoms with Gasteiger partial charge < -0.3 is 26.0 Å². The summed E-state index contributed by atoms with van der Waals surface area (Å²) in [6.07, 6.45) is 1.11. The highest BCUT2D eigenvalue weighted by Gasteiger charge is 2.34. The summed E-state index contributed by atoms with van der Waals surface area (Å²) in [5.74, 6) is -3.44. The lowest BCUT2D eigenvalue weighted by atomic mass is 10.1. The van der Waals surface area contributed by atoms with Crippen LogP contribution in [0.1, 0.15) is 23.7 Å². The maximum atomic E-state index is 12.6. The van der Waals surface area contributed by atoms with Crippen molar-refractivity contribution >= 4 is 35.2 Å². The summed E-state index contributed by atoms with van der Waals surface area (Å²) in [5, 5.41) is 19.1. The average molecular weight is 438 g/mol. The number of nitrogens with one attached hydrogen (secondary N) is 2. The Morgan fingerprint density at radius 2 is 1.84 bits per heavy atom. The van der Waals surface area contributed by atoms with E-state index in [2.05, 4.69) is 10.3 Å². The minimum Gasteiger partial charge on any atom is -0.481 e. The number of amidine groups is 1. The van der Waals surface area contributed by atoms with Gasteiger partial charge in [0.1, 0.15) is 12.4 Å². The molecule has 1 aromatic carbocycles. The van der Waals surface area contributed by atoms with Gasteiger partial charge >= 0.3 is 17.8 Å². The topological polar surface area (TPSA) is 170 Å². The molecule has 1 aliphatic heterocycles. The first-order chi connectivity index (χ1) is 15.3. The first kappa shape index (κ1) is 22.4. The zero-order valence-electron chi connectivity index (χ0n) is 17.0. The van der Waals surface area contributed by atoms with E-state index in [4.69, 9.17) is 16.2 Å². The van der Waals surface area contributed by atoms with Crippen molar-refractivity contribution in [2.75, 3.05) is 24.5 Å². The number of hydrogen-bond donors (Lipinski definition) is 4. The Labute approximate surface area is 183 Å². The normalized spacial score (nSPS) is 14.8. The second-order valence-corrected chi connectivity index (χ2v) is 7.12. The minimum absolute atomic E-state index is 0.110. The van der Waals surface area contributed by atoms with Crippen molar-refractivity contribution in [1.82, 2.24) is 15.2 Å². The van der Waals surface area contributed by atoms with Gasteiger partial charge in [-0.1, -0.05) is 6.07 Å². The molecular weight excluding hydrogens is 416 g/mol. The number of carboxylic acid groups (broad SMARTS) is 1. The molecule has 166 valence electrons. The highest BCUT2D eigenvalue weighted by molar-refractivity contribution is 6.41. The van der Waals surface area contributed by atoms with Gasteiger partial charge in [-0.15, -0.1) is 0 Å². The number of carbonyl (C=O) groups excluding carboxylic acids is 3. The van der Waals surface area contributed by atoms with Crippen LogP contribution in [0.15, 0.2) is 48.7 Å². The van der Waals surface area contributed by atoms with Crippen molar-refractivity contribution in [2.45, 2.75) is 12.5 Å². The molecule has 1 unspecified atom stereocenters. The van der Waals surface area contributed by atoms with E-state index in [1.165, 1.54) is 11.1 Å². The monoisotopic (exact) mass is 438 g/mol. The van der Waals surface area contributed by atoms with Crippen molar-refractivity contribution < 1.29 is 24.3 Å². The number of piperazine rings is 1. The van der Waals surface area contributed by atoms with E-state index in [1.807, 2.05) is 0 Å². The summed E-state index contributed by atoms with van der Waals surface area (Å²) in [4.78, 5) is 55.3. The summed E-state index contributed by atoms with van der Waals surface area (Å²) < 4.78 is 0. The Hall–Kier alpha value is -4.28. The van der Waals surface area contributed by atoms with Crippen LogP contribution in [0.25, 0.3) is 0 Å². The number of carbonyl (C=O) groups is 4. The SMILES string of the molecule is N=C(N)c1ccc(N2CCN(CC(=O)NC(CC(=O)O)c3ccccn3)C(=O)C2=O)cc1. The number of hydrogen-bond acceptors (Lipinski definition) is 6. The smallest absolute Gasteiger partial charge is 0.316 e. The molecular formula is C21H22N6O5. The molecule has 1 atom stereocenters. The number of aliphatic carboxylic acids is 1. The molecule has 0 aliphatic carbocycles. The fraction of sp³-hybridized carbons (Fsp3) is 0.238. The lowest BCUT2D eigenvalue weighted by Gasteiger charge is -2.33. The van der Waals surface area contributed by atoms with E-state index >= 15 is 0 Å².